The summed E-state index contributed by atoms with van der Waals surface area (Å²) in [5.74, 6) is 0. The number of benzene rings is 2. The van der Waals surface area contributed by atoms with E-state index < -0.39 is 16.1 Å². The van der Waals surface area contributed by atoms with Gasteiger partial charge in [-0.15, -0.1) is 0 Å². The molecule has 6 heteroatoms. The predicted molar refractivity (Wildman–Crippen MR) is 91.5 cm³/mol. The number of hydrogen-bond acceptors (Lipinski definition) is 4. The van der Waals surface area contributed by atoms with E-state index in [1.807, 2.05) is 36.4 Å². The van der Waals surface area contributed by atoms with Crippen molar-refractivity contribution >= 4 is 10.0 Å². The van der Waals surface area contributed by atoms with Crippen LogP contribution in [0, 0.1) is 11.3 Å². The first-order valence-electron chi connectivity index (χ1n) is 7.66. The molecule has 5 nitrogen and oxygen atoms in total. The van der Waals surface area contributed by atoms with Gasteiger partial charge in [0.25, 0.3) is 0 Å². The van der Waals surface area contributed by atoms with E-state index in [1.54, 1.807) is 19.1 Å². The second kappa shape index (κ2) is 8.06. The molecule has 0 aliphatic carbocycles. The lowest BCUT2D eigenvalue weighted by Crippen LogP contribution is -2.39. The summed E-state index contributed by atoms with van der Waals surface area (Å²) in [4.78, 5) is -0.00628. The van der Waals surface area contributed by atoms with Gasteiger partial charge in [-0.25, -0.2) is 8.42 Å². The Hall–Kier alpha value is -2.20. The minimum Gasteiger partial charge on any atom is -0.396 e. The number of rotatable bonds is 7. The van der Waals surface area contributed by atoms with Gasteiger partial charge in [-0.05, 0) is 31.0 Å². The van der Waals surface area contributed by atoms with Crippen molar-refractivity contribution in [3.8, 4) is 6.07 Å². The van der Waals surface area contributed by atoms with Crippen LogP contribution in [0.25, 0.3) is 0 Å². The van der Waals surface area contributed by atoms with Crippen LogP contribution < -0.4 is 0 Å². The Kier molecular flexibility index (Phi) is 6.10. The van der Waals surface area contributed by atoms with E-state index in [0.717, 1.165) is 5.56 Å². The average molecular weight is 344 g/mol. The molecular weight excluding hydrogens is 324 g/mol. The Labute approximate surface area is 142 Å². The Morgan fingerprint density at radius 1 is 1.12 bits per heavy atom. The van der Waals surface area contributed by atoms with Crippen LogP contribution in [0.1, 0.15) is 24.5 Å². The van der Waals surface area contributed by atoms with E-state index in [-0.39, 0.29) is 23.6 Å². The molecule has 0 saturated heterocycles. The molecule has 126 valence electrons. The summed E-state index contributed by atoms with van der Waals surface area (Å²) in [6.45, 7) is 1.83. The second-order valence-electron chi connectivity index (χ2n) is 5.51. The fraction of sp³-hybridized carbons (Fsp3) is 0.278. The van der Waals surface area contributed by atoms with Crippen molar-refractivity contribution in [2.45, 2.75) is 30.8 Å². The lowest BCUT2D eigenvalue weighted by molar-refractivity contribution is 0.230. The van der Waals surface area contributed by atoms with E-state index in [0.29, 0.717) is 6.42 Å². The molecule has 0 radical (unpaired) electrons. The third-order valence-corrected chi connectivity index (χ3v) is 5.83. The van der Waals surface area contributed by atoms with Gasteiger partial charge in [0.2, 0.25) is 10.0 Å². The zero-order valence-electron chi connectivity index (χ0n) is 13.5. The molecule has 2 aromatic carbocycles. The smallest absolute Gasteiger partial charge is 0.244 e. The van der Waals surface area contributed by atoms with Gasteiger partial charge >= 0.3 is 0 Å². The Morgan fingerprint density at radius 3 is 2.38 bits per heavy atom. The first-order chi connectivity index (χ1) is 11.5. The molecule has 24 heavy (non-hydrogen) atoms. The highest BCUT2D eigenvalue weighted by Gasteiger charge is 2.30. The minimum absolute atomic E-state index is 0.00628. The molecule has 2 aromatic rings. The maximum absolute atomic E-state index is 13.1. The van der Waals surface area contributed by atoms with Crippen LogP contribution in [0.3, 0.4) is 0 Å². The normalized spacial score (nSPS) is 12.8. The fourth-order valence-corrected chi connectivity index (χ4v) is 4.28. The van der Waals surface area contributed by atoms with E-state index in [2.05, 4.69) is 0 Å². The topological polar surface area (TPSA) is 81.4 Å². The van der Waals surface area contributed by atoms with Crippen molar-refractivity contribution in [2.75, 3.05) is 6.61 Å². The molecule has 0 heterocycles. The summed E-state index contributed by atoms with van der Waals surface area (Å²) in [5.41, 5.74) is 0.965. The van der Waals surface area contributed by atoms with E-state index in [9.17, 15) is 18.8 Å². The summed E-state index contributed by atoms with van der Waals surface area (Å²) in [7, 11) is -3.86. The minimum atomic E-state index is -3.86. The van der Waals surface area contributed by atoms with Crippen LogP contribution in [-0.4, -0.2) is 30.5 Å². The SMILES string of the molecule is CC(CCO)N(Cc1ccccc1)S(=O)(=O)c1ccccc1C#N. The second-order valence-corrected chi connectivity index (χ2v) is 7.36. The van der Waals surface area contributed by atoms with Crippen molar-refractivity contribution in [1.29, 1.82) is 5.26 Å². The highest BCUT2D eigenvalue weighted by atomic mass is 32.2. The van der Waals surface area contributed by atoms with Crippen LogP contribution in [0.2, 0.25) is 0 Å². The van der Waals surface area contributed by atoms with E-state index >= 15 is 0 Å². The zero-order valence-corrected chi connectivity index (χ0v) is 14.3. The Balaban J connectivity index is 2.47. The number of sulfonamides is 1. The van der Waals surface area contributed by atoms with Crippen LogP contribution >= 0.6 is 0 Å². The molecule has 2 rings (SSSR count). The van der Waals surface area contributed by atoms with Gasteiger partial charge in [0.1, 0.15) is 6.07 Å². The van der Waals surface area contributed by atoms with Gasteiger partial charge in [0.15, 0.2) is 0 Å². The lowest BCUT2D eigenvalue weighted by Gasteiger charge is -2.28. The summed E-state index contributed by atoms with van der Waals surface area (Å²) in [5, 5.41) is 18.4. The number of aliphatic hydroxyl groups excluding tert-OH is 1. The van der Waals surface area contributed by atoms with Crippen LogP contribution in [0.5, 0.6) is 0 Å². The van der Waals surface area contributed by atoms with Crippen LogP contribution in [-0.2, 0) is 16.6 Å². The quantitative estimate of drug-likeness (QED) is 0.837. The third kappa shape index (κ3) is 4.01. The van der Waals surface area contributed by atoms with Crippen molar-refractivity contribution in [3.05, 3.63) is 65.7 Å². The molecule has 0 aliphatic heterocycles. The van der Waals surface area contributed by atoms with Gasteiger partial charge in [-0.1, -0.05) is 42.5 Å². The number of hydrogen-bond donors (Lipinski definition) is 1. The van der Waals surface area contributed by atoms with Crippen molar-refractivity contribution in [2.24, 2.45) is 0 Å². The maximum Gasteiger partial charge on any atom is 0.244 e. The summed E-state index contributed by atoms with van der Waals surface area (Å²) < 4.78 is 27.6. The molecule has 0 amide bonds. The molecule has 1 atom stereocenters. The van der Waals surface area contributed by atoms with Gasteiger partial charge in [-0.3, -0.25) is 0 Å². The number of aliphatic hydroxyl groups is 1. The first kappa shape index (κ1) is 18.1. The number of nitriles is 1. The molecule has 0 bridgehead atoms. The van der Waals surface area contributed by atoms with Gasteiger partial charge in [0, 0.05) is 19.2 Å². The molecule has 1 unspecified atom stereocenters. The first-order valence-corrected chi connectivity index (χ1v) is 9.10. The van der Waals surface area contributed by atoms with Crippen LogP contribution in [0.15, 0.2) is 59.5 Å². The van der Waals surface area contributed by atoms with Crippen molar-refractivity contribution < 1.29 is 13.5 Å². The van der Waals surface area contributed by atoms with Crippen molar-refractivity contribution in [1.82, 2.24) is 4.31 Å². The molecule has 0 aliphatic rings. The van der Waals surface area contributed by atoms with Gasteiger partial charge in [0.05, 0.1) is 10.5 Å². The van der Waals surface area contributed by atoms with Gasteiger partial charge in [-0.2, -0.15) is 9.57 Å². The number of nitrogens with zero attached hydrogens (tertiary/aromatic N) is 2. The molecular formula is C18H20N2O3S. The Bertz CT molecular complexity index is 814. The third-order valence-electron chi connectivity index (χ3n) is 3.81. The Morgan fingerprint density at radius 2 is 1.75 bits per heavy atom. The largest absolute Gasteiger partial charge is 0.396 e. The molecule has 0 saturated carbocycles. The summed E-state index contributed by atoms with van der Waals surface area (Å²) in [6.07, 6.45) is 0.320. The van der Waals surface area contributed by atoms with E-state index in [1.165, 1.54) is 16.4 Å². The molecule has 1 N–H and O–H groups in total. The standard InChI is InChI=1S/C18H20N2O3S/c1-15(11-12-21)20(14-16-7-3-2-4-8-16)24(22,23)18-10-6-5-9-17(18)13-19/h2-10,15,21H,11-12,14H2,1H3. The lowest BCUT2D eigenvalue weighted by atomic mass is 10.2. The van der Waals surface area contributed by atoms with Crippen molar-refractivity contribution in [3.63, 3.8) is 0 Å². The molecule has 0 aromatic heterocycles. The fourth-order valence-electron chi connectivity index (χ4n) is 2.48. The zero-order chi connectivity index (χ0) is 17.6. The monoisotopic (exact) mass is 344 g/mol. The van der Waals surface area contributed by atoms with E-state index in [4.69, 9.17) is 0 Å². The highest BCUT2D eigenvalue weighted by molar-refractivity contribution is 7.89. The van der Waals surface area contributed by atoms with Gasteiger partial charge < -0.3 is 5.11 Å². The molecule has 0 spiro atoms. The highest BCUT2D eigenvalue weighted by Crippen LogP contribution is 2.24. The molecule has 0 fully saturated rings. The average Bonchev–Trinajstić information content (AvgIpc) is 2.60. The maximum atomic E-state index is 13.1. The van der Waals surface area contributed by atoms with Crippen LogP contribution in [0.4, 0.5) is 0 Å². The summed E-state index contributed by atoms with van der Waals surface area (Å²) in [6, 6.07) is 17.0. The predicted octanol–water partition coefficient (Wildman–Crippen LogP) is 2.52. The summed E-state index contributed by atoms with van der Waals surface area (Å²) >= 11 is 0.